The molecule has 3 rings (SSSR count). The molecule has 2 aromatic rings. The maximum absolute atomic E-state index is 12.3. The van der Waals surface area contributed by atoms with Crippen molar-refractivity contribution in [3.63, 3.8) is 0 Å². The zero-order valence-electron chi connectivity index (χ0n) is 11.1. The Kier molecular flexibility index (Phi) is 5.03. The third-order valence-corrected chi connectivity index (χ3v) is 4.15. The Hall–Kier alpha value is -1.37. The molecular weight excluding hydrogens is 358 g/mol. The minimum Gasteiger partial charge on any atom is -0.352 e. The molecule has 1 amide bonds. The molecule has 5 nitrogen and oxygen atoms in total. The second-order valence-corrected chi connectivity index (χ2v) is 5.80. The second kappa shape index (κ2) is 6.60. The molecule has 0 bridgehead atoms. The van der Waals surface area contributed by atoms with Crippen molar-refractivity contribution >= 4 is 45.1 Å². The third kappa shape index (κ3) is 3.28. The molecule has 112 valence electrons. The lowest BCUT2D eigenvalue weighted by molar-refractivity contribution is 0.0943. The second-order valence-electron chi connectivity index (χ2n) is 4.94. The van der Waals surface area contributed by atoms with E-state index in [-0.39, 0.29) is 23.9 Å². The Balaban J connectivity index is 0.00000161. The Morgan fingerprint density at radius 3 is 2.81 bits per heavy atom. The predicted octanol–water partition coefficient (Wildman–Crippen LogP) is 1.66. The molecule has 7 heteroatoms. The summed E-state index contributed by atoms with van der Waals surface area (Å²) < 4.78 is 0.768. The fourth-order valence-electron chi connectivity index (χ4n) is 2.26. The van der Waals surface area contributed by atoms with Crippen molar-refractivity contribution in [2.75, 3.05) is 19.6 Å². The van der Waals surface area contributed by atoms with E-state index in [1.807, 2.05) is 18.2 Å². The minimum atomic E-state index is -0.278. The van der Waals surface area contributed by atoms with Crippen LogP contribution in [-0.4, -0.2) is 30.5 Å². The van der Waals surface area contributed by atoms with Gasteiger partial charge < -0.3 is 15.6 Å². The summed E-state index contributed by atoms with van der Waals surface area (Å²) in [7, 11) is 0. The number of carbonyl (C=O) groups excluding carboxylic acids is 1. The zero-order valence-corrected chi connectivity index (χ0v) is 13.5. The summed E-state index contributed by atoms with van der Waals surface area (Å²) in [6.07, 6.45) is 0. The number of carbonyl (C=O) groups is 1. The van der Waals surface area contributed by atoms with Crippen LogP contribution in [0.2, 0.25) is 0 Å². The van der Waals surface area contributed by atoms with Crippen molar-refractivity contribution in [2.45, 2.75) is 0 Å². The van der Waals surface area contributed by atoms with Crippen LogP contribution in [-0.2, 0) is 0 Å². The maximum Gasteiger partial charge on any atom is 0.252 e. The lowest BCUT2D eigenvalue weighted by atomic mass is 10.0. The molecule has 21 heavy (non-hydrogen) atoms. The number of hydrogen-bond acceptors (Lipinski definition) is 3. The highest BCUT2D eigenvalue weighted by Gasteiger charge is 2.19. The Labute approximate surface area is 136 Å². The van der Waals surface area contributed by atoms with Crippen LogP contribution in [0.5, 0.6) is 0 Å². The van der Waals surface area contributed by atoms with Crippen LogP contribution in [0.4, 0.5) is 0 Å². The van der Waals surface area contributed by atoms with Gasteiger partial charge in [-0.25, -0.2) is 0 Å². The summed E-state index contributed by atoms with van der Waals surface area (Å²) in [5.74, 6) is 0.282. The van der Waals surface area contributed by atoms with Gasteiger partial charge in [-0.05, 0) is 22.0 Å². The molecule has 1 aromatic carbocycles. The fraction of sp³-hybridized carbons (Fsp3) is 0.286. The van der Waals surface area contributed by atoms with Crippen LogP contribution in [0, 0.1) is 5.92 Å². The SMILES string of the molecule is Cl.O=C(NCC1CNC1)c1cc(=O)[nH]c2c(Br)cccc12. The topological polar surface area (TPSA) is 74.0 Å². The van der Waals surface area contributed by atoms with Crippen LogP contribution in [0.3, 0.4) is 0 Å². The average Bonchev–Trinajstić information content (AvgIpc) is 2.37. The van der Waals surface area contributed by atoms with E-state index in [4.69, 9.17) is 0 Å². The number of aromatic amines is 1. The highest BCUT2D eigenvalue weighted by Crippen LogP contribution is 2.23. The number of nitrogens with one attached hydrogen (secondary N) is 3. The highest BCUT2D eigenvalue weighted by atomic mass is 79.9. The summed E-state index contributed by atoms with van der Waals surface area (Å²) >= 11 is 3.39. The van der Waals surface area contributed by atoms with E-state index in [0.717, 1.165) is 22.9 Å². The van der Waals surface area contributed by atoms with Gasteiger partial charge in [-0.2, -0.15) is 0 Å². The molecule has 0 atom stereocenters. The molecule has 1 aliphatic heterocycles. The largest absolute Gasteiger partial charge is 0.352 e. The van der Waals surface area contributed by atoms with Gasteiger partial charge in [-0.3, -0.25) is 9.59 Å². The van der Waals surface area contributed by atoms with Gasteiger partial charge in [-0.1, -0.05) is 12.1 Å². The summed E-state index contributed by atoms with van der Waals surface area (Å²) in [4.78, 5) is 26.7. The first kappa shape index (κ1) is 16.0. The molecule has 0 unspecified atom stereocenters. The number of benzene rings is 1. The number of fused-ring (bicyclic) bond motifs is 1. The molecule has 3 N–H and O–H groups in total. The van der Waals surface area contributed by atoms with Crippen molar-refractivity contribution in [3.05, 3.63) is 44.7 Å². The van der Waals surface area contributed by atoms with Crippen molar-refractivity contribution < 1.29 is 4.79 Å². The smallest absolute Gasteiger partial charge is 0.252 e. The van der Waals surface area contributed by atoms with Crippen LogP contribution in [0.25, 0.3) is 10.9 Å². The van der Waals surface area contributed by atoms with Crippen molar-refractivity contribution in [1.29, 1.82) is 0 Å². The van der Waals surface area contributed by atoms with E-state index in [1.165, 1.54) is 6.07 Å². The molecule has 1 aliphatic rings. The van der Waals surface area contributed by atoms with Crippen molar-refractivity contribution in [1.82, 2.24) is 15.6 Å². The molecule has 1 saturated heterocycles. The number of aromatic nitrogens is 1. The summed E-state index contributed by atoms with van der Waals surface area (Å²) in [6.45, 7) is 2.50. The normalized spacial score (nSPS) is 14.3. The molecular formula is C14H15BrClN3O2. The standard InChI is InChI=1S/C14H14BrN3O2.ClH/c15-11-3-1-2-9-10(4-12(19)18-13(9)11)14(20)17-7-8-5-16-6-8;/h1-4,8,16H,5-7H2,(H,17,20)(H,18,19);1H. The molecule has 2 heterocycles. The summed E-state index contributed by atoms with van der Waals surface area (Å²) in [5.41, 5.74) is 0.785. The van der Waals surface area contributed by atoms with Crippen LogP contribution in [0.1, 0.15) is 10.4 Å². The van der Waals surface area contributed by atoms with E-state index in [2.05, 4.69) is 31.5 Å². The summed E-state index contributed by atoms with van der Waals surface area (Å²) in [5, 5.41) is 6.79. The van der Waals surface area contributed by atoms with Gasteiger partial charge in [0.2, 0.25) is 5.56 Å². The number of hydrogen-bond donors (Lipinski definition) is 3. The number of rotatable bonds is 3. The first-order valence-corrected chi connectivity index (χ1v) is 7.25. The number of halogens is 2. The number of H-pyrrole nitrogens is 1. The first-order chi connectivity index (χ1) is 9.65. The fourth-order valence-corrected chi connectivity index (χ4v) is 2.72. The molecule has 1 aromatic heterocycles. The Morgan fingerprint density at radius 1 is 1.38 bits per heavy atom. The minimum absolute atomic E-state index is 0. The molecule has 0 spiro atoms. The monoisotopic (exact) mass is 371 g/mol. The molecule has 0 saturated carbocycles. The lowest BCUT2D eigenvalue weighted by Gasteiger charge is -2.27. The molecule has 0 aliphatic carbocycles. The van der Waals surface area contributed by atoms with E-state index in [1.54, 1.807) is 0 Å². The maximum atomic E-state index is 12.3. The van der Waals surface area contributed by atoms with Crippen LogP contribution >= 0.6 is 28.3 Å². The average molecular weight is 373 g/mol. The van der Waals surface area contributed by atoms with E-state index in [0.29, 0.717) is 23.5 Å². The molecule has 0 radical (unpaired) electrons. The van der Waals surface area contributed by atoms with Crippen molar-refractivity contribution in [2.24, 2.45) is 5.92 Å². The molecule has 1 fully saturated rings. The number of para-hydroxylation sites is 1. The van der Waals surface area contributed by atoms with Gasteiger partial charge >= 0.3 is 0 Å². The zero-order chi connectivity index (χ0) is 14.1. The van der Waals surface area contributed by atoms with Gasteiger partial charge in [0, 0.05) is 41.5 Å². The van der Waals surface area contributed by atoms with Crippen LogP contribution in [0.15, 0.2) is 33.5 Å². The predicted molar refractivity (Wildman–Crippen MR) is 88.2 cm³/mol. The van der Waals surface area contributed by atoms with Crippen LogP contribution < -0.4 is 16.2 Å². The van der Waals surface area contributed by atoms with Crippen molar-refractivity contribution in [3.8, 4) is 0 Å². The third-order valence-electron chi connectivity index (χ3n) is 3.49. The van der Waals surface area contributed by atoms with E-state index >= 15 is 0 Å². The summed E-state index contributed by atoms with van der Waals surface area (Å²) in [6, 6.07) is 6.86. The van der Waals surface area contributed by atoms with E-state index < -0.39 is 0 Å². The number of pyridine rings is 1. The van der Waals surface area contributed by atoms with Gasteiger partial charge in [0.15, 0.2) is 0 Å². The lowest BCUT2D eigenvalue weighted by Crippen LogP contribution is -2.48. The van der Waals surface area contributed by atoms with Gasteiger partial charge in [0.25, 0.3) is 5.91 Å². The Bertz CT molecular complexity index is 728. The van der Waals surface area contributed by atoms with Gasteiger partial charge in [-0.15, -0.1) is 12.4 Å². The Morgan fingerprint density at radius 2 is 2.14 bits per heavy atom. The number of amides is 1. The quantitative estimate of drug-likeness (QED) is 0.767. The first-order valence-electron chi connectivity index (χ1n) is 6.45. The van der Waals surface area contributed by atoms with Gasteiger partial charge in [0.05, 0.1) is 11.1 Å². The van der Waals surface area contributed by atoms with Gasteiger partial charge in [0.1, 0.15) is 0 Å². The highest BCUT2D eigenvalue weighted by molar-refractivity contribution is 9.10. The van der Waals surface area contributed by atoms with E-state index in [9.17, 15) is 9.59 Å².